The number of hydrogen-bond donors (Lipinski definition) is 2. The van der Waals surface area contributed by atoms with Gasteiger partial charge in [-0.1, -0.05) is 0 Å². The van der Waals surface area contributed by atoms with E-state index in [0.717, 1.165) is 0 Å². The van der Waals surface area contributed by atoms with Gasteiger partial charge in [0.2, 0.25) is 5.78 Å². The molecule has 0 unspecified atom stereocenters. The predicted molar refractivity (Wildman–Crippen MR) is 37.5 cm³/mol. The van der Waals surface area contributed by atoms with Crippen LogP contribution >= 0.6 is 0 Å². The van der Waals surface area contributed by atoms with Crippen molar-refractivity contribution in [2.24, 2.45) is 0 Å². The van der Waals surface area contributed by atoms with Gasteiger partial charge in [0, 0.05) is 6.42 Å². The molecule has 5 nitrogen and oxygen atoms in total. The monoisotopic (exact) mass is 172 g/mol. The number of Topliss-reactive ketones (excluding diaryl/α,β-unsaturated/α-hetero) is 1. The minimum Gasteiger partial charge on any atom is -1.00 e. The van der Waals surface area contributed by atoms with Gasteiger partial charge < -0.3 is 13.1 Å². The third-order valence-electron chi connectivity index (χ3n) is 0.804. The third-order valence-corrected chi connectivity index (χ3v) is 0.804. The molecule has 0 aromatic carbocycles. The summed E-state index contributed by atoms with van der Waals surface area (Å²) in [4.78, 5) is 29.7. The summed E-state index contributed by atoms with van der Waals surface area (Å²) < 4.78 is 0. The molecule has 60 valence electrons. The number of carboxylic acids is 2. The van der Waals surface area contributed by atoms with Gasteiger partial charge in [-0.25, -0.2) is 4.79 Å². The van der Waals surface area contributed by atoms with Gasteiger partial charge in [0.05, 0.1) is 6.42 Å². The molecule has 0 atom stereocenters. The molecule has 0 aliphatic carbocycles. The smallest absolute Gasteiger partial charge is 1.00 e. The van der Waals surface area contributed by atoms with E-state index >= 15 is 0 Å². The van der Waals surface area contributed by atoms with E-state index in [-0.39, 0.29) is 25.9 Å². The Hall–Kier alpha value is -0.624. The second-order valence-electron chi connectivity index (χ2n) is 1.62. The average molecular weight is 172 g/mol. The number of carbonyl (C=O) groups excluding carboxylic acids is 1. The Morgan fingerprint density at radius 1 is 1.09 bits per heavy atom. The van der Waals surface area contributed by atoms with Crippen LogP contribution in [0, 0.1) is 0 Å². The topological polar surface area (TPSA) is 91.7 Å². The first-order valence-electron chi connectivity index (χ1n) is 2.52. The molecule has 0 rings (SSSR count). The molecule has 0 aliphatic heterocycles. The fourth-order valence-electron chi connectivity index (χ4n) is 0.327. The molecule has 0 saturated carbocycles. The molecular formula is C5H8MgO5. The van der Waals surface area contributed by atoms with Crippen LogP contribution in [0.1, 0.15) is 15.7 Å². The fourth-order valence-corrected chi connectivity index (χ4v) is 0.327. The van der Waals surface area contributed by atoms with Crippen LogP contribution in [0.5, 0.6) is 0 Å². The van der Waals surface area contributed by atoms with E-state index in [2.05, 4.69) is 0 Å². The van der Waals surface area contributed by atoms with Crippen LogP contribution < -0.4 is 0 Å². The molecule has 0 aliphatic rings. The van der Waals surface area contributed by atoms with E-state index in [1.54, 1.807) is 0 Å². The molecule has 0 radical (unpaired) electrons. The molecule has 0 aromatic heterocycles. The van der Waals surface area contributed by atoms with Crippen LogP contribution in [-0.4, -0.2) is 51.0 Å². The molecule has 0 fully saturated rings. The van der Waals surface area contributed by atoms with Crippen molar-refractivity contribution in [3.05, 3.63) is 0 Å². The number of ketones is 1. The van der Waals surface area contributed by atoms with Gasteiger partial charge in [-0.3, -0.25) is 9.59 Å². The number of hydrogen-bond acceptors (Lipinski definition) is 3. The maximum absolute atomic E-state index is 10.2. The van der Waals surface area contributed by atoms with Crippen molar-refractivity contribution >= 4 is 40.8 Å². The van der Waals surface area contributed by atoms with E-state index in [1.807, 2.05) is 0 Å². The quantitative estimate of drug-likeness (QED) is 0.434. The second-order valence-corrected chi connectivity index (χ2v) is 1.62. The SMILES string of the molecule is O=C(O)CCC(=O)C(=O)O.[H-].[H-].[Mg+2]. The van der Waals surface area contributed by atoms with Crippen molar-refractivity contribution in [3.63, 3.8) is 0 Å². The fraction of sp³-hybridized carbons (Fsp3) is 0.400. The summed E-state index contributed by atoms with van der Waals surface area (Å²) in [7, 11) is 0. The van der Waals surface area contributed by atoms with Crippen LogP contribution in [-0.2, 0) is 14.4 Å². The Labute approximate surface area is 81.5 Å². The van der Waals surface area contributed by atoms with Crippen molar-refractivity contribution < 1.29 is 27.4 Å². The number of rotatable bonds is 4. The molecule has 0 spiro atoms. The number of aliphatic carboxylic acids is 2. The van der Waals surface area contributed by atoms with Crippen LogP contribution in [0.2, 0.25) is 0 Å². The maximum atomic E-state index is 10.2. The van der Waals surface area contributed by atoms with E-state index in [4.69, 9.17) is 10.2 Å². The zero-order valence-electron chi connectivity index (χ0n) is 7.74. The van der Waals surface area contributed by atoms with Crippen LogP contribution in [0.3, 0.4) is 0 Å². The second kappa shape index (κ2) is 6.11. The molecule has 11 heavy (non-hydrogen) atoms. The molecule has 0 saturated heterocycles. The number of carbonyl (C=O) groups is 3. The summed E-state index contributed by atoms with van der Waals surface area (Å²) >= 11 is 0. The van der Waals surface area contributed by atoms with E-state index in [1.165, 1.54) is 0 Å². The first kappa shape index (κ1) is 13.0. The molecular weight excluding hydrogens is 164 g/mol. The Balaban J connectivity index is -0.000000135. The third kappa shape index (κ3) is 7.27. The first-order chi connectivity index (χ1) is 4.54. The van der Waals surface area contributed by atoms with Gasteiger partial charge >= 0.3 is 35.0 Å². The van der Waals surface area contributed by atoms with Crippen LogP contribution in [0.25, 0.3) is 0 Å². The summed E-state index contributed by atoms with van der Waals surface area (Å²) in [6, 6.07) is 0. The zero-order valence-corrected chi connectivity index (χ0v) is 7.15. The van der Waals surface area contributed by atoms with Gasteiger partial charge in [-0.05, 0) is 0 Å². The van der Waals surface area contributed by atoms with Crippen molar-refractivity contribution in [2.75, 3.05) is 0 Å². The van der Waals surface area contributed by atoms with Crippen LogP contribution in [0.15, 0.2) is 0 Å². The Morgan fingerprint density at radius 2 is 1.55 bits per heavy atom. The standard InChI is InChI=1S/C5H6O5.Mg.2H/c6-3(5(9)10)1-2-4(7)8;;;/h1-2H2,(H,7,8)(H,9,10);;;/q;+2;2*-1. The van der Waals surface area contributed by atoms with Gasteiger partial charge in [-0.2, -0.15) is 0 Å². The largest absolute Gasteiger partial charge is 2.00 e. The molecule has 2 N–H and O–H groups in total. The average Bonchev–Trinajstić information content (AvgIpc) is 1.82. The first-order valence-corrected chi connectivity index (χ1v) is 2.52. The summed E-state index contributed by atoms with van der Waals surface area (Å²) in [5.74, 6) is -3.82. The summed E-state index contributed by atoms with van der Waals surface area (Å²) in [6.45, 7) is 0. The summed E-state index contributed by atoms with van der Waals surface area (Å²) in [5.41, 5.74) is 0. The van der Waals surface area contributed by atoms with Crippen LogP contribution in [0.4, 0.5) is 0 Å². The Kier molecular flexibility index (Phi) is 7.22. The minimum absolute atomic E-state index is 0. The van der Waals surface area contributed by atoms with Crippen molar-refractivity contribution in [1.82, 2.24) is 0 Å². The van der Waals surface area contributed by atoms with E-state index in [0.29, 0.717) is 0 Å². The van der Waals surface area contributed by atoms with Crippen molar-refractivity contribution in [1.29, 1.82) is 0 Å². The number of carboxylic acid groups (broad SMARTS) is 2. The molecule has 0 bridgehead atoms. The predicted octanol–water partition coefficient (Wildman–Crippen LogP) is -0.651. The van der Waals surface area contributed by atoms with Gasteiger partial charge in [0.1, 0.15) is 0 Å². The summed E-state index contributed by atoms with van der Waals surface area (Å²) in [6.07, 6.45) is -0.865. The molecule has 0 heterocycles. The zero-order chi connectivity index (χ0) is 8.15. The molecule has 6 heteroatoms. The minimum atomic E-state index is -1.58. The Bertz CT molecular complexity index is 184. The van der Waals surface area contributed by atoms with Gasteiger partial charge in [0.15, 0.2) is 0 Å². The molecule has 0 aromatic rings. The van der Waals surface area contributed by atoms with Crippen molar-refractivity contribution in [3.8, 4) is 0 Å². The normalized spacial score (nSPS) is 8.00. The van der Waals surface area contributed by atoms with Gasteiger partial charge in [-0.15, -0.1) is 0 Å². The maximum Gasteiger partial charge on any atom is 2.00 e. The van der Waals surface area contributed by atoms with E-state index < -0.39 is 30.6 Å². The summed E-state index contributed by atoms with van der Waals surface area (Å²) in [5, 5.41) is 16.0. The molecule has 0 amide bonds. The van der Waals surface area contributed by atoms with Crippen molar-refractivity contribution in [2.45, 2.75) is 12.8 Å². The van der Waals surface area contributed by atoms with Gasteiger partial charge in [0.25, 0.3) is 0 Å². The van der Waals surface area contributed by atoms with E-state index in [9.17, 15) is 14.4 Å². The Morgan fingerprint density at radius 3 is 1.82 bits per heavy atom.